The fraction of sp³-hybridized carbons (Fsp3) is 0.579. The van der Waals surface area contributed by atoms with Crippen molar-refractivity contribution in [2.24, 2.45) is 11.8 Å². The molecule has 1 heterocycles. The zero-order valence-electron chi connectivity index (χ0n) is 15.5. The largest absolute Gasteiger partial charge is 0.464 e. The number of ether oxygens (including phenoxy) is 1. The standard InChI is InChI=1S/C19H25N3O5/c1-13-6-8-21(9-7-13)17-5-4-15(22(25)26)10-16(17)19(24)20-11-18(23)27-12-14-2-3-14/h4-5,10,13-14H,2-3,6-9,11-12H2,1H3,(H,20,24). The van der Waals surface area contributed by atoms with Gasteiger partial charge in [-0.1, -0.05) is 6.92 Å². The molecule has 2 fully saturated rings. The SMILES string of the molecule is CC1CCN(c2ccc([N+](=O)[O-])cc2C(=O)NCC(=O)OCC2CC2)CC1. The first kappa shape index (κ1) is 19.1. The van der Waals surface area contributed by atoms with Crippen LogP contribution in [0, 0.1) is 22.0 Å². The van der Waals surface area contributed by atoms with Crippen LogP contribution in [-0.2, 0) is 9.53 Å². The van der Waals surface area contributed by atoms with Crippen molar-refractivity contribution in [3.8, 4) is 0 Å². The van der Waals surface area contributed by atoms with Crippen molar-refractivity contribution >= 4 is 23.3 Å². The highest BCUT2D eigenvalue weighted by Crippen LogP contribution is 2.30. The molecular formula is C19H25N3O5. The predicted octanol–water partition coefficient (Wildman–Crippen LogP) is 2.51. The number of benzene rings is 1. The number of hydrogen-bond acceptors (Lipinski definition) is 6. The average molecular weight is 375 g/mol. The van der Waals surface area contributed by atoms with Gasteiger partial charge >= 0.3 is 5.97 Å². The Kier molecular flexibility index (Phi) is 5.93. The quantitative estimate of drug-likeness (QED) is 0.446. The second-order valence-corrected chi connectivity index (χ2v) is 7.44. The normalized spacial score (nSPS) is 17.4. The molecule has 1 aliphatic heterocycles. The minimum Gasteiger partial charge on any atom is -0.464 e. The first-order valence-corrected chi connectivity index (χ1v) is 9.41. The molecule has 0 radical (unpaired) electrons. The third-order valence-electron chi connectivity index (χ3n) is 5.13. The van der Waals surface area contributed by atoms with Crippen LogP contribution in [0.5, 0.6) is 0 Å². The fourth-order valence-electron chi connectivity index (χ4n) is 3.14. The second kappa shape index (κ2) is 8.37. The summed E-state index contributed by atoms with van der Waals surface area (Å²) in [5, 5.41) is 13.6. The van der Waals surface area contributed by atoms with E-state index in [0.29, 0.717) is 24.1 Å². The summed E-state index contributed by atoms with van der Waals surface area (Å²) in [5.41, 5.74) is 0.732. The Morgan fingerprint density at radius 3 is 2.59 bits per heavy atom. The van der Waals surface area contributed by atoms with Crippen molar-refractivity contribution in [3.05, 3.63) is 33.9 Å². The Balaban J connectivity index is 1.69. The number of non-ortho nitro benzene ring substituents is 1. The van der Waals surface area contributed by atoms with Gasteiger partial charge in [0.1, 0.15) is 6.54 Å². The summed E-state index contributed by atoms with van der Waals surface area (Å²) in [4.78, 5) is 37.0. The van der Waals surface area contributed by atoms with Crippen LogP contribution in [0.15, 0.2) is 18.2 Å². The Labute approximate surface area is 158 Å². The van der Waals surface area contributed by atoms with Gasteiger partial charge in [-0.25, -0.2) is 0 Å². The lowest BCUT2D eigenvalue weighted by atomic mass is 9.98. The lowest BCUT2D eigenvalue weighted by Crippen LogP contribution is -2.36. The van der Waals surface area contributed by atoms with Crippen molar-refractivity contribution in [3.63, 3.8) is 0 Å². The van der Waals surface area contributed by atoms with Gasteiger partial charge in [0, 0.05) is 25.2 Å². The number of rotatable bonds is 7. The number of anilines is 1. The van der Waals surface area contributed by atoms with Crippen LogP contribution in [0.3, 0.4) is 0 Å². The van der Waals surface area contributed by atoms with Gasteiger partial charge in [-0.3, -0.25) is 19.7 Å². The Hall–Kier alpha value is -2.64. The molecule has 146 valence electrons. The fourth-order valence-corrected chi connectivity index (χ4v) is 3.14. The van der Waals surface area contributed by atoms with Crippen molar-refractivity contribution in [1.82, 2.24) is 5.32 Å². The first-order chi connectivity index (χ1) is 12.9. The summed E-state index contributed by atoms with van der Waals surface area (Å²) in [5.74, 6) is 0.0806. The molecule has 0 atom stereocenters. The highest BCUT2D eigenvalue weighted by Gasteiger charge is 2.25. The molecule has 0 aromatic heterocycles. The van der Waals surface area contributed by atoms with E-state index < -0.39 is 16.8 Å². The number of carbonyl (C=O) groups excluding carboxylic acids is 2. The molecule has 1 N–H and O–H groups in total. The Bertz CT molecular complexity index is 724. The van der Waals surface area contributed by atoms with Gasteiger partial charge in [-0.05, 0) is 43.6 Å². The molecule has 27 heavy (non-hydrogen) atoms. The molecule has 1 aromatic rings. The Morgan fingerprint density at radius 2 is 1.96 bits per heavy atom. The molecule has 1 saturated carbocycles. The molecule has 2 aliphatic rings. The smallest absolute Gasteiger partial charge is 0.325 e. The summed E-state index contributed by atoms with van der Waals surface area (Å²) in [6.45, 7) is 3.92. The van der Waals surface area contributed by atoms with E-state index in [-0.39, 0.29) is 17.8 Å². The van der Waals surface area contributed by atoms with E-state index in [1.54, 1.807) is 6.07 Å². The molecular weight excluding hydrogens is 350 g/mol. The first-order valence-electron chi connectivity index (χ1n) is 9.41. The van der Waals surface area contributed by atoms with Gasteiger partial charge in [0.15, 0.2) is 0 Å². The van der Waals surface area contributed by atoms with Gasteiger partial charge in [0.05, 0.1) is 22.8 Å². The van der Waals surface area contributed by atoms with Crippen LogP contribution in [0.25, 0.3) is 0 Å². The van der Waals surface area contributed by atoms with E-state index in [0.717, 1.165) is 38.8 Å². The summed E-state index contributed by atoms with van der Waals surface area (Å²) in [7, 11) is 0. The third kappa shape index (κ3) is 5.18. The van der Waals surface area contributed by atoms with Crippen LogP contribution in [0.1, 0.15) is 43.0 Å². The molecule has 1 aromatic carbocycles. The average Bonchev–Trinajstić information content (AvgIpc) is 3.49. The third-order valence-corrected chi connectivity index (χ3v) is 5.13. The number of nitro groups is 1. The van der Waals surface area contributed by atoms with Crippen LogP contribution < -0.4 is 10.2 Å². The van der Waals surface area contributed by atoms with E-state index in [1.165, 1.54) is 12.1 Å². The number of hydrogen-bond donors (Lipinski definition) is 1. The van der Waals surface area contributed by atoms with Crippen molar-refractivity contribution < 1.29 is 19.2 Å². The van der Waals surface area contributed by atoms with Crippen LogP contribution in [0.2, 0.25) is 0 Å². The topological polar surface area (TPSA) is 102 Å². The van der Waals surface area contributed by atoms with Gasteiger partial charge in [-0.15, -0.1) is 0 Å². The van der Waals surface area contributed by atoms with Crippen LogP contribution in [0.4, 0.5) is 11.4 Å². The number of nitrogens with one attached hydrogen (secondary N) is 1. The number of amides is 1. The molecule has 0 spiro atoms. The maximum Gasteiger partial charge on any atom is 0.325 e. The molecule has 3 rings (SSSR count). The monoisotopic (exact) mass is 375 g/mol. The maximum absolute atomic E-state index is 12.6. The van der Waals surface area contributed by atoms with E-state index in [4.69, 9.17) is 4.74 Å². The predicted molar refractivity (Wildman–Crippen MR) is 99.7 cm³/mol. The van der Waals surface area contributed by atoms with E-state index in [1.807, 2.05) is 0 Å². The van der Waals surface area contributed by atoms with Crippen LogP contribution >= 0.6 is 0 Å². The number of carbonyl (C=O) groups is 2. The van der Waals surface area contributed by atoms with Gasteiger partial charge in [0.2, 0.25) is 0 Å². The van der Waals surface area contributed by atoms with Gasteiger partial charge in [0.25, 0.3) is 11.6 Å². The molecule has 0 bridgehead atoms. The summed E-state index contributed by atoms with van der Waals surface area (Å²) in [6, 6.07) is 4.31. The zero-order valence-corrected chi connectivity index (χ0v) is 15.5. The lowest BCUT2D eigenvalue weighted by Gasteiger charge is -2.33. The summed E-state index contributed by atoms with van der Waals surface area (Å²) >= 11 is 0. The molecule has 1 amide bonds. The number of esters is 1. The molecule has 8 heteroatoms. The van der Waals surface area contributed by atoms with Crippen molar-refractivity contribution in [2.75, 3.05) is 31.1 Å². The molecule has 0 unspecified atom stereocenters. The van der Waals surface area contributed by atoms with Crippen LogP contribution in [-0.4, -0.2) is 43.0 Å². The highest BCUT2D eigenvalue weighted by molar-refractivity contribution is 6.01. The minimum absolute atomic E-state index is 0.148. The number of piperidine rings is 1. The van der Waals surface area contributed by atoms with Crippen molar-refractivity contribution in [1.29, 1.82) is 0 Å². The van der Waals surface area contributed by atoms with Crippen molar-refractivity contribution in [2.45, 2.75) is 32.6 Å². The van der Waals surface area contributed by atoms with E-state index >= 15 is 0 Å². The van der Waals surface area contributed by atoms with E-state index in [2.05, 4.69) is 17.1 Å². The lowest BCUT2D eigenvalue weighted by molar-refractivity contribution is -0.384. The summed E-state index contributed by atoms with van der Waals surface area (Å²) < 4.78 is 5.10. The number of nitrogens with zero attached hydrogens (tertiary/aromatic N) is 2. The Morgan fingerprint density at radius 1 is 1.26 bits per heavy atom. The van der Waals surface area contributed by atoms with E-state index in [9.17, 15) is 19.7 Å². The molecule has 1 saturated heterocycles. The minimum atomic E-state index is -0.525. The zero-order chi connectivity index (χ0) is 19.4. The molecule has 1 aliphatic carbocycles. The number of nitro benzene ring substituents is 1. The second-order valence-electron chi connectivity index (χ2n) is 7.44. The maximum atomic E-state index is 12.6. The summed E-state index contributed by atoms with van der Waals surface area (Å²) in [6.07, 6.45) is 4.16. The highest BCUT2D eigenvalue weighted by atomic mass is 16.6. The molecule has 8 nitrogen and oxygen atoms in total. The van der Waals surface area contributed by atoms with Gasteiger partial charge < -0.3 is 15.0 Å². The van der Waals surface area contributed by atoms with Gasteiger partial charge in [-0.2, -0.15) is 0 Å².